The summed E-state index contributed by atoms with van der Waals surface area (Å²) in [5.41, 5.74) is 0.817. The molecule has 1 fully saturated rings. The standard InChI is InChI=1S/C13H14FN3O2/c14-10-6-11(8-18)17(7-10)13-15-12(19-16-13)9-4-2-1-3-5-9/h1-5,10-11,18H,6-8H2/t10-,11-/m0/s1. The summed E-state index contributed by atoms with van der Waals surface area (Å²) in [7, 11) is 0. The highest BCUT2D eigenvalue weighted by molar-refractivity contribution is 5.54. The summed E-state index contributed by atoms with van der Waals surface area (Å²) in [6.45, 7) is 0.0780. The van der Waals surface area contributed by atoms with Crippen molar-refractivity contribution in [3.8, 4) is 11.5 Å². The van der Waals surface area contributed by atoms with E-state index in [0.717, 1.165) is 5.56 Å². The lowest BCUT2D eigenvalue weighted by Gasteiger charge is -2.19. The number of halogens is 1. The molecule has 0 radical (unpaired) electrons. The highest BCUT2D eigenvalue weighted by Crippen LogP contribution is 2.27. The molecule has 6 heteroatoms. The first kappa shape index (κ1) is 12.1. The maximum Gasteiger partial charge on any atom is 0.266 e. The third kappa shape index (κ3) is 2.31. The van der Waals surface area contributed by atoms with Gasteiger partial charge in [0.25, 0.3) is 11.8 Å². The average molecular weight is 263 g/mol. The molecule has 0 bridgehead atoms. The van der Waals surface area contributed by atoms with E-state index in [-0.39, 0.29) is 19.2 Å². The van der Waals surface area contributed by atoms with Gasteiger partial charge in [-0.25, -0.2) is 4.39 Å². The van der Waals surface area contributed by atoms with Gasteiger partial charge in [0.2, 0.25) is 0 Å². The van der Waals surface area contributed by atoms with E-state index in [4.69, 9.17) is 4.52 Å². The van der Waals surface area contributed by atoms with Gasteiger partial charge in [0.05, 0.1) is 19.2 Å². The van der Waals surface area contributed by atoms with Crippen LogP contribution in [0.1, 0.15) is 6.42 Å². The molecule has 0 unspecified atom stereocenters. The van der Waals surface area contributed by atoms with E-state index >= 15 is 0 Å². The molecule has 19 heavy (non-hydrogen) atoms. The van der Waals surface area contributed by atoms with Crippen molar-refractivity contribution >= 4 is 5.95 Å². The Bertz CT molecular complexity index is 546. The zero-order valence-corrected chi connectivity index (χ0v) is 10.2. The number of nitrogens with zero attached hydrogens (tertiary/aromatic N) is 3. The Hall–Kier alpha value is -1.95. The van der Waals surface area contributed by atoms with Gasteiger partial charge in [0.15, 0.2) is 0 Å². The lowest BCUT2D eigenvalue weighted by atomic mass is 10.2. The van der Waals surface area contributed by atoms with Crippen molar-refractivity contribution < 1.29 is 14.0 Å². The van der Waals surface area contributed by atoms with E-state index in [1.54, 1.807) is 4.90 Å². The summed E-state index contributed by atoms with van der Waals surface area (Å²) in [6, 6.07) is 9.10. The first-order valence-electron chi connectivity index (χ1n) is 6.18. The van der Waals surface area contributed by atoms with Gasteiger partial charge in [-0.15, -0.1) is 0 Å². The smallest absolute Gasteiger partial charge is 0.266 e. The van der Waals surface area contributed by atoms with Crippen LogP contribution in [0.25, 0.3) is 11.5 Å². The van der Waals surface area contributed by atoms with Crippen LogP contribution >= 0.6 is 0 Å². The largest absolute Gasteiger partial charge is 0.394 e. The fraction of sp³-hybridized carbons (Fsp3) is 0.385. The van der Waals surface area contributed by atoms with Crippen molar-refractivity contribution in [3.63, 3.8) is 0 Å². The molecule has 0 saturated carbocycles. The van der Waals surface area contributed by atoms with Crippen molar-refractivity contribution in [2.45, 2.75) is 18.6 Å². The van der Waals surface area contributed by atoms with Crippen LogP contribution in [0.3, 0.4) is 0 Å². The number of benzene rings is 1. The molecular formula is C13H14FN3O2. The number of hydrogen-bond donors (Lipinski definition) is 1. The van der Waals surface area contributed by atoms with E-state index in [1.807, 2.05) is 30.3 Å². The molecule has 0 spiro atoms. The van der Waals surface area contributed by atoms with E-state index in [1.165, 1.54) is 0 Å². The molecule has 3 rings (SSSR count). The molecule has 1 aromatic carbocycles. The van der Waals surface area contributed by atoms with Gasteiger partial charge in [0.1, 0.15) is 6.17 Å². The molecule has 1 aliphatic heterocycles. The predicted octanol–water partition coefficient (Wildman–Crippen LogP) is 1.65. The van der Waals surface area contributed by atoms with Crippen LogP contribution in [-0.2, 0) is 0 Å². The van der Waals surface area contributed by atoms with Crippen LogP contribution < -0.4 is 4.90 Å². The number of hydrogen-bond acceptors (Lipinski definition) is 5. The molecule has 5 nitrogen and oxygen atoms in total. The summed E-state index contributed by atoms with van der Waals surface area (Å²) in [6.07, 6.45) is -0.665. The van der Waals surface area contributed by atoms with Crippen LogP contribution in [0.15, 0.2) is 34.9 Å². The minimum Gasteiger partial charge on any atom is -0.394 e. The summed E-state index contributed by atoms with van der Waals surface area (Å²) in [4.78, 5) is 5.92. The Morgan fingerprint density at radius 3 is 2.89 bits per heavy atom. The molecule has 2 heterocycles. The van der Waals surface area contributed by atoms with E-state index in [9.17, 15) is 9.50 Å². The second-order valence-corrected chi connectivity index (χ2v) is 4.59. The van der Waals surface area contributed by atoms with E-state index in [2.05, 4.69) is 10.1 Å². The average Bonchev–Trinajstić information content (AvgIpc) is 3.05. The van der Waals surface area contributed by atoms with Gasteiger partial charge in [-0.05, 0) is 17.3 Å². The lowest BCUT2D eigenvalue weighted by Crippen LogP contribution is -2.33. The van der Waals surface area contributed by atoms with Crippen LogP contribution in [-0.4, -0.2) is 40.6 Å². The molecule has 2 aromatic rings. The first-order valence-corrected chi connectivity index (χ1v) is 6.18. The zero-order chi connectivity index (χ0) is 13.2. The van der Waals surface area contributed by atoms with Gasteiger partial charge >= 0.3 is 0 Å². The quantitative estimate of drug-likeness (QED) is 0.912. The first-order chi connectivity index (χ1) is 9.28. The summed E-state index contributed by atoms with van der Waals surface area (Å²) in [5.74, 6) is 0.729. The minimum atomic E-state index is -0.962. The van der Waals surface area contributed by atoms with Gasteiger partial charge < -0.3 is 14.5 Å². The fourth-order valence-corrected chi connectivity index (χ4v) is 2.31. The van der Waals surface area contributed by atoms with Crippen LogP contribution in [0.2, 0.25) is 0 Å². The molecule has 100 valence electrons. The molecule has 1 N–H and O–H groups in total. The summed E-state index contributed by atoms with van der Waals surface area (Å²) >= 11 is 0. The van der Waals surface area contributed by atoms with Crippen molar-refractivity contribution in [1.82, 2.24) is 10.1 Å². The summed E-state index contributed by atoms with van der Waals surface area (Å²) < 4.78 is 18.6. The third-order valence-electron chi connectivity index (χ3n) is 3.27. The van der Waals surface area contributed by atoms with E-state index in [0.29, 0.717) is 18.3 Å². The SMILES string of the molecule is OC[C@@H]1C[C@H](F)CN1c1noc(-c2ccccc2)n1. The minimum absolute atomic E-state index is 0.115. The topological polar surface area (TPSA) is 62.4 Å². The Balaban J connectivity index is 1.85. The number of rotatable bonds is 3. The Morgan fingerprint density at radius 2 is 2.16 bits per heavy atom. The number of anilines is 1. The number of aliphatic hydroxyl groups is 1. The van der Waals surface area contributed by atoms with Crippen LogP contribution in [0.5, 0.6) is 0 Å². The van der Waals surface area contributed by atoms with Gasteiger partial charge in [-0.2, -0.15) is 4.98 Å². The number of aliphatic hydroxyl groups excluding tert-OH is 1. The molecule has 1 aliphatic rings. The van der Waals surface area contributed by atoms with Gasteiger partial charge in [0, 0.05) is 12.0 Å². The molecule has 1 aromatic heterocycles. The highest BCUT2D eigenvalue weighted by Gasteiger charge is 2.34. The highest BCUT2D eigenvalue weighted by atomic mass is 19.1. The normalized spacial score (nSPS) is 22.9. The predicted molar refractivity (Wildman–Crippen MR) is 67.5 cm³/mol. The molecular weight excluding hydrogens is 249 g/mol. The Kier molecular flexibility index (Phi) is 3.16. The van der Waals surface area contributed by atoms with Crippen molar-refractivity contribution in [3.05, 3.63) is 30.3 Å². The Labute approximate surface area is 109 Å². The van der Waals surface area contributed by atoms with Crippen LogP contribution in [0.4, 0.5) is 10.3 Å². The van der Waals surface area contributed by atoms with E-state index < -0.39 is 6.17 Å². The molecule has 0 amide bonds. The van der Waals surface area contributed by atoms with Gasteiger partial charge in [-0.1, -0.05) is 18.2 Å². The second kappa shape index (κ2) is 4.97. The molecule has 2 atom stereocenters. The molecule has 0 aliphatic carbocycles. The van der Waals surface area contributed by atoms with Gasteiger partial charge in [-0.3, -0.25) is 0 Å². The fourth-order valence-electron chi connectivity index (χ4n) is 2.31. The number of alkyl halides is 1. The second-order valence-electron chi connectivity index (χ2n) is 4.59. The van der Waals surface area contributed by atoms with Crippen molar-refractivity contribution in [2.24, 2.45) is 0 Å². The number of aromatic nitrogens is 2. The van der Waals surface area contributed by atoms with Crippen molar-refractivity contribution in [1.29, 1.82) is 0 Å². The molecule has 1 saturated heterocycles. The van der Waals surface area contributed by atoms with Crippen molar-refractivity contribution in [2.75, 3.05) is 18.1 Å². The lowest BCUT2D eigenvalue weighted by molar-refractivity contribution is 0.255. The Morgan fingerprint density at radius 1 is 1.37 bits per heavy atom. The third-order valence-corrected chi connectivity index (χ3v) is 3.27. The maximum atomic E-state index is 13.4. The van der Waals surface area contributed by atoms with Crippen LogP contribution in [0, 0.1) is 0 Å². The zero-order valence-electron chi connectivity index (χ0n) is 10.2. The monoisotopic (exact) mass is 263 g/mol. The maximum absolute atomic E-state index is 13.4. The summed E-state index contributed by atoms with van der Waals surface area (Å²) in [5, 5.41) is 13.1.